The molecule has 1 unspecified atom stereocenters. The minimum atomic E-state index is -1.49. The molecule has 1 aromatic rings. The maximum Gasteiger partial charge on any atom is 0.326 e. The van der Waals surface area contributed by atoms with Gasteiger partial charge in [0, 0.05) is 12.1 Å². The summed E-state index contributed by atoms with van der Waals surface area (Å²) >= 11 is 0. The molecule has 0 spiro atoms. The number of carboxylic acids is 2. The maximum atomic E-state index is 11.5. The minimum absolute atomic E-state index is 0.104. The molecule has 20 heavy (non-hydrogen) atoms. The van der Waals surface area contributed by atoms with Gasteiger partial charge in [-0.05, 0) is 13.8 Å². The molecule has 110 valence electrons. The molecule has 1 heterocycles. The van der Waals surface area contributed by atoms with E-state index in [1.165, 1.54) is 0 Å². The predicted molar refractivity (Wildman–Crippen MR) is 65.0 cm³/mol. The molecule has 0 aliphatic carbocycles. The van der Waals surface area contributed by atoms with Gasteiger partial charge in [-0.2, -0.15) is 0 Å². The molecule has 0 saturated carbocycles. The molecule has 9 heteroatoms. The average Bonchev–Trinajstić information content (AvgIpc) is 2.65. The third kappa shape index (κ3) is 4.26. The van der Waals surface area contributed by atoms with Crippen LogP contribution >= 0.6 is 0 Å². The Morgan fingerprint density at radius 2 is 1.95 bits per heavy atom. The highest BCUT2D eigenvalue weighted by molar-refractivity contribution is 5.86. The first-order valence-corrected chi connectivity index (χ1v) is 5.72. The topological polar surface area (TPSA) is 142 Å². The molecule has 1 atom stereocenters. The molecular formula is C11H15N3O6. The first-order valence-electron chi connectivity index (χ1n) is 5.72. The second-order valence-electron chi connectivity index (χ2n) is 4.12. The second-order valence-corrected chi connectivity index (χ2v) is 4.12. The first-order chi connectivity index (χ1) is 9.31. The third-order valence-electron chi connectivity index (χ3n) is 2.59. The average molecular weight is 285 g/mol. The van der Waals surface area contributed by atoms with Crippen LogP contribution in [0.4, 0.5) is 4.79 Å². The number of urea groups is 1. The fraction of sp³-hybridized carbons (Fsp3) is 0.455. The van der Waals surface area contributed by atoms with Gasteiger partial charge in [0.1, 0.15) is 11.8 Å². The molecule has 0 aliphatic rings. The fourth-order valence-electron chi connectivity index (χ4n) is 1.51. The Labute approximate surface area is 113 Å². The number of carbonyl (C=O) groups excluding carboxylic acids is 1. The smallest absolute Gasteiger partial charge is 0.326 e. The van der Waals surface area contributed by atoms with E-state index < -0.39 is 30.4 Å². The van der Waals surface area contributed by atoms with Crippen LogP contribution in [0.15, 0.2) is 4.52 Å². The summed E-state index contributed by atoms with van der Waals surface area (Å²) in [6.07, 6.45) is -0.700. The van der Waals surface area contributed by atoms with Crippen molar-refractivity contribution < 1.29 is 29.1 Å². The number of rotatable bonds is 6. The van der Waals surface area contributed by atoms with E-state index in [4.69, 9.17) is 14.7 Å². The Hall–Kier alpha value is -2.58. The van der Waals surface area contributed by atoms with Crippen molar-refractivity contribution in [1.82, 2.24) is 15.8 Å². The van der Waals surface area contributed by atoms with E-state index in [2.05, 4.69) is 15.8 Å². The Bertz CT molecular complexity index is 505. The standard InChI is InChI=1S/C11H15N3O6/c1-5-7(6(2)20-14-5)4-12-11(19)13-8(10(17)18)3-9(15)16/h8H,3-4H2,1-2H3,(H,15,16)(H,17,18)(H2,12,13,19). The molecule has 0 aromatic carbocycles. The van der Waals surface area contributed by atoms with E-state index in [9.17, 15) is 14.4 Å². The Morgan fingerprint density at radius 3 is 2.40 bits per heavy atom. The largest absolute Gasteiger partial charge is 0.481 e. The van der Waals surface area contributed by atoms with Gasteiger partial charge in [0.25, 0.3) is 0 Å². The van der Waals surface area contributed by atoms with Crippen LogP contribution in [0.1, 0.15) is 23.4 Å². The lowest BCUT2D eigenvalue weighted by molar-refractivity contribution is -0.145. The van der Waals surface area contributed by atoms with Gasteiger partial charge in [0.05, 0.1) is 12.1 Å². The maximum absolute atomic E-state index is 11.5. The summed E-state index contributed by atoms with van der Waals surface area (Å²) in [6, 6.07) is -2.27. The van der Waals surface area contributed by atoms with Crippen molar-refractivity contribution >= 4 is 18.0 Å². The van der Waals surface area contributed by atoms with E-state index in [0.717, 1.165) is 0 Å². The van der Waals surface area contributed by atoms with E-state index in [-0.39, 0.29) is 6.54 Å². The lowest BCUT2D eigenvalue weighted by Crippen LogP contribution is -2.46. The van der Waals surface area contributed by atoms with Gasteiger partial charge in [0.15, 0.2) is 0 Å². The number of amides is 2. The highest BCUT2D eigenvalue weighted by atomic mass is 16.5. The lowest BCUT2D eigenvalue weighted by Gasteiger charge is -2.13. The Balaban J connectivity index is 2.54. The zero-order valence-corrected chi connectivity index (χ0v) is 11.0. The van der Waals surface area contributed by atoms with Crippen LogP contribution in [0.5, 0.6) is 0 Å². The van der Waals surface area contributed by atoms with Gasteiger partial charge < -0.3 is 25.4 Å². The molecule has 0 saturated heterocycles. The summed E-state index contributed by atoms with van der Waals surface area (Å²) in [5.41, 5.74) is 1.30. The van der Waals surface area contributed by atoms with E-state index in [0.29, 0.717) is 17.0 Å². The summed E-state index contributed by atoms with van der Waals surface area (Å²) in [5, 5.41) is 25.5. The zero-order valence-electron chi connectivity index (χ0n) is 11.0. The van der Waals surface area contributed by atoms with Crippen LogP contribution in [0.25, 0.3) is 0 Å². The molecule has 0 fully saturated rings. The first kappa shape index (κ1) is 15.5. The van der Waals surface area contributed by atoms with Gasteiger partial charge in [-0.1, -0.05) is 5.16 Å². The van der Waals surface area contributed by atoms with Crippen molar-refractivity contribution in [3.63, 3.8) is 0 Å². The quantitative estimate of drug-likeness (QED) is 0.577. The Morgan fingerprint density at radius 1 is 1.30 bits per heavy atom. The third-order valence-corrected chi connectivity index (χ3v) is 2.59. The van der Waals surface area contributed by atoms with Crippen molar-refractivity contribution in [2.24, 2.45) is 0 Å². The SMILES string of the molecule is Cc1noc(C)c1CNC(=O)NC(CC(=O)O)C(=O)O. The number of carbonyl (C=O) groups is 3. The van der Waals surface area contributed by atoms with Crippen molar-refractivity contribution in [2.45, 2.75) is 32.9 Å². The summed E-state index contributed by atoms with van der Waals surface area (Å²) < 4.78 is 4.91. The van der Waals surface area contributed by atoms with Crippen LogP contribution < -0.4 is 10.6 Å². The molecule has 0 radical (unpaired) electrons. The van der Waals surface area contributed by atoms with Gasteiger partial charge >= 0.3 is 18.0 Å². The second kappa shape index (κ2) is 6.55. The van der Waals surface area contributed by atoms with Crippen LogP contribution in [0, 0.1) is 13.8 Å². The number of hydrogen-bond donors (Lipinski definition) is 4. The molecule has 1 aromatic heterocycles. The number of aromatic nitrogens is 1. The van der Waals surface area contributed by atoms with Crippen LogP contribution in [0.3, 0.4) is 0 Å². The monoisotopic (exact) mass is 285 g/mol. The number of carboxylic acid groups (broad SMARTS) is 2. The highest BCUT2D eigenvalue weighted by Crippen LogP contribution is 2.11. The summed E-state index contributed by atoms with van der Waals surface area (Å²) in [7, 11) is 0. The van der Waals surface area contributed by atoms with Crippen molar-refractivity contribution in [3.05, 3.63) is 17.0 Å². The van der Waals surface area contributed by atoms with E-state index in [1.54, 1.807) is 13.8 Å². The summed E-state index contributed by atoms with van der Waals surface area (Å²) in [5.74, 6) is -2.19. The Kier molecular flexibility index (Phi) is 5.07. The molecule has 9 nitrogen and oxygen atoms in total. The van der Waals surface area contributed by atoms with Crippen molar-refractivity contribution in [3.8, 4) is 0 Å². The lowest BCUT2D eigenvalue weighted by atomic mass is 10.2. The van der Waals surface area contributed by atoms with Crippen LogP contribution in [0.2, 0.25) is 0 Å². The van der Waals surface area contributed by atoms with Gasteiger partial charge in [-0.3, -0.25) is 4.79 Å². The van der Waals surface area contributed by atoms with Crippen LogP contribution in [-0.2, 0) is 16.1 Å². The molecule has 4 N–H and O–H groups in total. The van der Waals surface area contributed by atoms with Gasteiger partial charge in [-0.25, -0.2) is 9.59 Å². The number of nitrogens with one attached hydrogen (secondary N) is 2. The molecule has 1 rings (SSSR count). The van der Waals surface area contributed by atoms with E-state index in [1.807, 2.05) is 0 Å². The number of aryl methyl sites for hydroxylation is 2. The summed E-state index contributed by atoms with van der Waals surface area (Å²) in [4.78, 5) is 32.8. The molecule has 0 aliphatic heterocycles. The number of hydrogen-bond acceptors (Lipinski definition) is 5. The fourth-order valence-corrected chi connectivity index (χ4v) is 1.51. The molecule has 2 amide bonds. The van der Waals surface area contributed by atoms with Crippen molar-refractivity contribution in [2.75, 3.05) is 0 Å². The highest BCUT2D eigenvalue weighted by Gasteiger charge is 2.23. The predicted octanol–water partition coefficient (Wildman–Crippen LogP) is 0.0185. The number of nitrogens with zero attached hydrogens (tertiary/aromatic N) is 1. The van der Waals surface area contributed by atoms with Crippen molar-refractivity contribution in [1.29, 1.82) is 0 Å². The minimum Gasteiger partial charge on any atom is -0.481 e. The van der Waals surface area contributed by atoms with Gasteiger partial charge in [0.2, 0.25) is 0 Å². The molecule has 0 bridgehead atoms. The zero-order chi connectivity index (χ0) is 15.3. The van der Waals surface area contributed by atoms with Gasteiger partial charge in [-0.15, -0.1) is 0 Å². The molecular weight excluding hydrogens is 270 g/mol. The van der Waals surface area contributed by atoms with E-state index >= 15 is 0 Å². The normalized spacial score (nSPS) is 11.7. The summed E-state index contributed by atoms with van der Waals surface area (Å²) in [6.45, 7) is 3.49. The van der Waals surface area contributed by atoms with Crippen LogP contribution in [-0.4, -0.2) is 39.4 Å². The number of aliphatic carboxylic acids is 2.